The first-order valence-corrected chi connectivity index (χ1v) is 10.8. The van der Waals surface area contributed by atoms with E-state index in [2.05, 4.69) is 4.72 Å². The molecule has 0 aliphatic heterocycles. The smallest absolute Gasteiger partial charge is 0.307 e. The summed E-state index contributed by atoms with van der Waals surface area (Å²) in [7, 11) is -2.93. The summed E-state index contributed by atoms with van der Waals surface area (Å²) in [6.45, 7) is 1.69. The summed E-state index contributed by atoms with van der Waals surface area (Å²) in [5.41, 5.74) is -0.0531. The number of sulfonamides is 1. The highest BCUT2D eigenvalue weighted by molar-refractivity contribution is 7.89. The maximum atomic E-state index is 13.0. The summed E-state index contributed by atoms with van der Waals surface area (Å²) in [5, 5.41) is 10.9. The van der Waals surface area contributed by atoms with Gasteiger partial charge in [0.05, 0.1) is 41.1 Å². The minimum Gasteiger partial charge on any atom is -0.495 e. The molecule has 2 rings (SSSR count). The van der Waals surface area contributed by atoms with Crippen LogP contribution >= 0.6 is 23.2 Å². The van der Waals surface area contributed by atoms with Crippen molar-refractivity contribution in [3.05, 3.63) is 62.1 Å². The van der Waals surface area contributed by atoms with E-state index in [1.54, 1.807) is 6.92 Å². The predicted octanol–water partition coefficient (Wildman–Crippen LogP) is 3.88. The van der Waals surface area contributed by atoms with Crippen molar-refractivity contribution >= 4 is 44.9 Å². The van der Waals surface area contributed by atoms with Crippen LogP contribution in [0.1, 0.15) is 24.9 Å². The van der Waals surface area contributed by atoms with Crippen LogP contribution in [0, 0.1) is 10.1 Å². The maximum Gasteiger partial charge on any atom is 0.307 e. The summed E-state index contributed by atoms with van der Waals surface area (Å²) in [6.07, 6.45) is -0.393. The van der Waals surface area contributed by atoms with Gasteiger partial charge in [-0.1, -0.05) is 35.3 Å². The Hall–Kier alpha value is -2.40. The van der Waals surface area contributed by atoms with Gasteiger partial charge in [0.2, 0.25) is 10.0 Å². The highest BCUT2D eigenvalue weighted by atomic mass is 35.5. The average Bonchev–Trinajstić information content (AvgIpc) is 2.68. The topological polar surface area (TPSA) is 125 Å². The highest BCUT2D eigenvalue weighted by Crippen LogP contribution is 2.34. The van der Waals surface area contributed by atoms with Gasteiger partial charge in [-0.3, -0.25) is 14.9 Å². The molecule has 0 saturated heterocycles. The number of ether oxygens (including phenoxy) is 2. The first-order valence-electron chi connectivity index (χ1n) is 8.54. The van der Waals surface area contributed by atoms with E-state index in [9.17, 15) is 23.3 Å². The van der Waals surface area contributed by atoms with E-state index in [0.29, 0.717) is 0 Å². The van der Waals surface area contributed by atoms with Gasteiger partial charge in [0.15, 0.2) is 0 Å². The SMILES string of the molecule is CCOC(=O)CC(NS(=O)(=O)c1cc(Cl)c(OC)cc1Cl)c1cccc([N+](=O)[O-])c1. The number of methoxy groups -OCH3 is 1. The number of carbonyl (C=O) groups is 1. The molecule has 2 aromatic carbocycles. The third kappa shape index (κ3) is 5.82. The summed E-state index contributed by atoms with van der Waals surface area (Å²) < 4.78 is 38.2. The van der Waals surface area contributed by atoms with Gasteiger partial charge in [0.25, 0.3) is 5.69 Å². The lowest BCUT2D eigenvalue weighted by atomic mass is 10.0. The molecule has 0 fully saturated rings. The molecule has 0 bridgehead atoms. The highest BCUT2D eigenvalue weighted by Gasteiger charge is 2.28. The standard InChI is InChI=1S/C18H18Cl2N2O7S/c1-3-29-18(23)10-15(11-5-4-6-12(7-11)22(24)25)21-30(26,27)17-9-13(19)16(28-2)8-14(17)20/h4-9,15,21H,3,10H2,1-2H3. The molecular weight excluding hydrogens is 459 g/mol. The fraction of sp³-hybridized carbons (Fsp3) is 0.278. The molecule has 1 atom stereocenters. The Morgan fingerprint density at radius 2 is 1.93 bits per heavy atom. The normalized spacial score (nSPS) is 12.3. The molecule has 0 amide bonds. The summed E-state index contributed by atoms with van der Waals surface area (Å²) in [4.78, 5) is 22.1. The molecule has 0 aliphatic rings. The van der Waals surface area contributed by atoms with Crippen molar-refractivity contribution in [3.8, 4) is 5.75 Å². The summed E-state index contributed by atoms with van der Waals surface area (Å²) in [6, 6.07) is 6.48. The molecule has 2 aromatic rings. The molecular formula is C18H18Cl2N2O7S. The van der Waals surface area contributed by atoms with E-state index in [-0.39, 0.29) is 38.5 Å². The molecule has 12 heteroatoms. The lowest BCUT2D eigenvalue weighted by Gasteiger charge is -2.19. The monoisotopic (exact) mass is 476 g/mol. The molecule has 0 aliphatic carbocycles. The van der Waals surface area contributed by atoms with Crippen LogP contribution in [0.5, 0.6) is 5.75 Å². The molecule has 0 aromatic heterocycles. The second-order valence-corrected chi connectivity index (χ2v) is 8.45. The molecule has 0 radical (unpaired) electrons. The van der Waals surface area contributed by atoms with Gasteiger partial charge in [-0.25, -0.2) is 13.1 Å². The summed E-state index contributed by atoms with van der Waals surface area (Å²) >= 11 is 12.1. The quantitative estimate of drug-likeness (QED) is 0.330. The van der Waals surface area contributed by atoms with Crippen molar-refractivity contribution < 1.29 is 27.6 Å². The van der Waals surface area contributed by atoms with Crippen molar-refractivity contribution in [2.75, 3.05) is 13.7 Å². The second kappa shape index (κ2) is 10.1. The predicted molar refractivity (Wildman–Crippen MR) is 110 cm³/mol. The molecule has 0 saturated carbocycles. The van der Waals surface area contributed by atoms with Gasteiger partial charge in [0.1, 0.15) is 10.6 Å². The molecule has 9 nitrogen and oxygen atoms in total. The van der Waals surface area contributed by atoms with Crippen LogP contribution in [0.3, 0.4) is 0 Å². The van der Waals surface area contributed by atoms with E-state index in [4.69, 9.17) is 32.7 Å². The van der Waals surface area contributed by atoms with Gasteiger partial charge in [-0.05, 0) is 18.6 Å². The van der Waals surface area contributed by atoms with E-state index < -0.39 is 33.4 Å². The Kier molecular flexibility index (Phi) is 8.02. The van der Waals surface area contributed by atoms with Crippen molar-refractivity contribution in [2.24, 2.45) is 0 Å². The number of halogens is 2. The molecule has 30 heavy (non-hydrogen) atoms. The Bertz CT molecular complexity index is 1060. The van der Waals surface area contributed by atoms with Gasteiger partial charge < -0.3 is 9.47 Å². The van der Waals surface area contributed by atoms with Crippen LogP contribution in [-0.2, 0) is 19.6 Å². The molecule has 162 valence electrons. The van der Waals surface area contributed by atoms with Gasteiger partial charge in [-0.15, -0.1) is 0 Å². The van der Waals surface area contributed by atoms with Crippen molar-refractivity contribution in [1.82, 2.24) is 4.72 Å². The van der Waals surface area contributed by atoms with Crippen molar-refractivity contribution in [1.29, 1.82) is 0 Å². The van der Waals surface area contributed by atoms with Crippen LogP contribution in [-0.4, -0.2) is 33.0 Å². The number of benzene rings is 2. The number of nitro groups is 1. The fourth-order valence-electron chi connectivity index (χ4n) is 2.59. The van der Waals surface area contributed by atoms with E-state index in [1.807, 2.05) is 0 Å². The summed E-state index contributed by atoms with van der Waals surface area (Å²) in [5.74, 6) is -0.502. The maximum absolute atomic E-state index is 13.0. The Morgan fingerprint density at radius 1 is 1.23 bits per heavy atom. The van der Waals surface area contributed by atoms with Crippen LogP contribution in [0.2, 0.25) is 10.0 Å². The minimum atomic E-state index is -4.28. The van der Waals surface area contributed by atoms with Crippen LogP contribution in [0.4, 0.5) is 5.69 Å². The molecule has 0 heterocycles. The average molecular weight is 477 g/mol. The Balaban J connectivity index is 2.47. The van der Waals surface area contributed by atoms with E-state index >= 15 is 0 Å². The first kappa shape index (κ1) is 23.9. The number of nitrogens with one attached hydrogen (secondary N) is 1. The van der Waals surface area contributed by atoms with Crippen LogP contribution in [0.15, 0.2) is 41.3 Å². The van der Waals surface area contributed by atoms with Gasteiger partial charge >= 0.3 is 5.97 Å². The fourth-order valence-corrected chi connectivity index (χ4v) is 4.67. The van der Waals surface area contributed by atoms with Crippen LogP contribution in [0.25, 0.3) is 0 Å². The lowest BCUT2D eigenvalue weighted by Crippen LogP contribution is -2.31. The number of hydrogen-bond donors (Lipinski definition) is 1. The second-order valence-electron chi connectivity index (χ2n) is 5.95. The number of esters is 1. The Labute approximate surface area is 183 Å². The van der Waals surface area contributed by atoms with E-state index in [1.165, 1.54) is 37.4 Å². The molecule has 1 N–H and O–H groups in total. The largest absolute Gasteiger partial charge is 0.495 e. The third-order valence-electron chi connectivity index (χ3n) is 3.95. The number of non-ortho nitro benzene ring substituents is 1. The van der Waals surface area contributed by atoms with Crippen molar-refractivity contribution in [3.63, 3.8) is 0 Å². The molecule has 1 unspecified atom stereocenters. The number of hydrogen-bond acceptors (Lipinski definition) is 7. The minimum absolute atomic E-state index is 0.0135. The third-order valence-corrected chi connectivity index (χ3v) is 6.18. The van der Waals surface area contributed by atoms with Crippen molar-refractivity contribution in [2.45, 2.75) is 24.3 Å². The van der Waals surface area contributed by atoms with Gasteiger partial charge in [0, 0.05) is 18.2 Å². The van der Waals surface area contributed by atoms with E-state index in [0.717, 1.165) is 6.07 Å². The number of nitro benzene ring substituents is 1. The van der Waals surface area contributed by atoms with Crippen LogP contribution < -0.4 is 9.46 Å². The zero-order valence-corrected chi connectivity index (χ0v) is 18.3. The number of rotatable bonds is 9. The lowest BCUT2D eigenvalue weighted by molar-refractivity contribution is -0.384. The van der Waals surface area contributed by atoms with Gasteiger partial charge in [-0.2, -0.15) is 0 Å². The Morgan fingerprint density at radius 3 is 2.53 bits per heavy atom. The first-order chi connectivity index (χ1) is 14.1. The number of nitrogens with zero attached hydrogens (tertiary/aromatic N) is 1. The molecule has 0 spiro atoms. The number of carbonyl (C=O) groups excluding carboxylic acids is 1. The zero-order chi connectivity index (χ0) is 22.5. The zero-order valence-electron chi connectivity index (χ0n) is 15.9.